The van der Waals surface area contributed by atoms with Gasteiger partial charge in [0.2, 0.25) is 0 Å². The Labute approximate surface area is 135 Å². The maximum Gasteiger partial charge on any atom is 0.136 e. The van der Waals surface area contributed by atoms with Crippen LogP contribution in [0.1, 0.15) is 29.7 Å². The minimum absolute atomic E-state index is 0.247. The second-order valence-corrected chi connectivity index (χ2v) is 5.39. The maximum absolute atomic E-state index is 10.0. The molecule has 22 heavy (non-hydrogen) atoms. The molecule has 5 heteroatoms. The largest absolute Gasteiger partial charge is 0.489 e. The highest BCUT2D eigenvalue weighted by Crippen LogP contribution is 2.25. The summed E-state index contributed by atoms with van der Waals surface area (Å²) in [6.07, 6.45) is -0.286. The fraction of sp³-hybridized carbons (Fsp3) is 0.235. The molecule has 0 bridgehead atoms. The minimum atomic E-state index is -1.16. The smallest absolute Gasteiger partial charge is 0.136 e. The first kappa shape index (κ1) is 16.3. The van der Waals surface area contributed by atoms with Crippen LogP contribution in [0.25, 0.3) is 0 Å². The lowest BCUT2D eigenvalue weighted by Gasteiger charge is -2.16. The fourth-order valence-electron chi connectivity index (χ4n) is 2.23. The summed E-state index contributed by atoms with van der Waals surface area (Å²) in [5.41, 5.74) is 7.74. The fourth-order valence-corrected chi connectivity index (χ4v) is 2.42. The molecule has 0 aliphatic heterocycles. The van der Waals surface area contributed by atoms with Crippen LogP contribution in [0.15, 0.2) is 42.5 Å². The Bertz CT molecular complexity index is 673. The van der Waals surface area contributed by atoms with E-state index in [1.165, 1.54) is 0 Å². The van der Waals surface area contributed by atoms with Gasteiger partial charge in [0.1, 0.15) is 24.3 Å². The van der Waals surface area contributed by atoms with Crippen molar-refractivity contribution in [2.45, 2.75) is 26.1 Å². The molecule has 0 aliphatic carbocycles. The van der Waals surface area contributed by atoms with Gasteiger partial charge in [0.25, 0.3) is 0 Å². The summed E-state index contributed by atoms with van der Waals surface area (Å²) in [6.45, 7) is 2.31. The van der Waals surface area contributed by atoms with Crippen molar-refractivity contribution in [2.75, 3.05) is 0 Å². The molecule has 0 aliphatic rings. The van der Waals surface area contributed by atoms with E-state index in [4.69, 9.17) is 27.5 Å². The number of benzene rings is 2. The molecule has 0 heterocycles. The van der Waals surface area contributed by atoms with Crippen molar-refractivity contribution in [1.82, 2.24) is 0 Å². The lowest BCUT2D eigenvalue weighted by atomic mass is 10.0. The number of aliphatic hydroxyl groups is 1. The van der Waals surface area contributed by atoms with Crippen molar-refractivity contribution in [2.24, 2.45) is 5.73 Å². The van der Waals surface area contributed by atoms with E-state index in [0.717, 1.165) is 17.7 Å². The van der Waals surface area contributed by atoms with E-state index in [-0.39, 0.29) is 12.4 Å². The van der Waals surface area contributed by atoms with Gasteiger partial charge >= 0.3 is 0 Å². The Morgan fingerprint density at radius 1 is 1.27 bits per heavy atom. The van der Waals surface area contributed by atoms with Crippen LogP contribution in [-0.4, -0.2) is 10.9 Å². The van der Waals surface area contributed by atoms with E-state index in [1.807, 2.05) is 24.3 Å². The van der Waals surface area contributed by atoms with Gasteiger partial charge in [-0.3, -0.25) is 5.41 Å². The Morgan fingerprint density at radius 2 is 2.00 bits per heavy atom. The van der Waals surface area contributed by atoms with Gasteiger partial charge in [-0.2, -0.15) is 0 Å². The first-order valence-corrected chi connectivity index (χ1v) is 7.41. The van der Waals surface area contributed by atoms with Crippen LogP contribution in [0.3, 0.4) is 0 Å². The number of nitrogens with two attached hydrogens (primary N) is 1. The first-order valence-electron chi connectivity index (χ1n) is 7.04. The lowest BCUT2D eigenvalue weighted by molar-refractivity contribution is 0.238. The third-order valence-electron chi connectivity index (χ3n) is 3.43. The third-order valence-corrected chi connectivity index (χ3v) is 3.67. The SMILES string of the molecule is CCc1ccccc1OCc1cc(Cl)ccc1C(O)C(=N)N. The number of halogens is 1. The third kappa shape index (κ3) is 3.78. The zero-order valence-corrected chi connectivity index (χ0v) is 13.1. The zero-order valence-electron chi connectivity index (χ0n) is 12.3. The number of hydrogen-bond donors (Lipinski definition) is 3. The summed E-state index contributed by atoms with van der Waals surface area (Å²) < 4.78 is 5.86. The summed E-state index contributed by atoms with van der Waals surface area (Å²) in [6, 6.07) is 12.8. The zero-order chi connectivity index (χ0) is 16.1. The molecular weight excluding hydrogens is 300 g/mol. The Kier molecular flexibility index (Phi) is 5.41. The summed E-state index contributed by atoms with van der Waals surface area (Å²) in [7, 11) is 0. The highest BCUT2D eigenvalue weighted by molar-refractivity contribution is 6.30. The molecule has 0 saturated carbocycles. The molecule has 2 aromatic rings. The van der Waals surface area contributed by atoms with Crippen LogP contribution in [0.4, 0.5) is 0 Å². The predicted octanol–water partition coefficient (Wildman–Crippen LogP) is 3.45. The van der Waals surface area contributed by atoms with Gasteiger partial charge in [0, 0.05) is 5.02 Å². The van der Waals surface area contributed by atoms with Crippen molar-refractivity contribution in [3.05, 3.63) is 64.2 Å². The molecule has 2 rings (SSSR count). The van der Waals surface area contributed by atoms with Crippen molar-refractivity contribution in [1.29, 1.82) is 5.41 Å². The van der Waals surface area contributed by atoms with Crippen LogP contribution in [0, 0.1) is 5.41 Å². The Hall–Kier alpha value is -2.04. The maximum atomic E-state index is 10.0. The number of rotatable bonds is 6. The first-order chi connectivity index (χ1) is 10.5. The predicted molar refractivity (Wildman–Crippen MR) is 88.5 cm³/mol. The second-order valence-electron chi connectivity index (χ2n) is 4.95. The molecule has 116 valence electrons. The van der Waals surface area contributed by atoms with Crippen LogP contribution in [0.2, 0.25) is 5.02 Å². The van der Waals surface area contributed by atoms with Crippen molar-refractivity contribution in [3.63, 3.8) is 0 Å². The number of amidine groups is 1. The average Bonchev–Trinajstić information content (AvgIpc) is 2.52. The molecular formula is C17H19ClN2O2. The molecule has 1 atom stereocenters. The van der Waals surface area contributed by atoms with Gasteiger partial charge in [-0.25, -0.2) is 0 Å². The quantitative estimate of drug-likeness (QED) is 0.564. The molecule has 0 saturated heterocycles. The van der Waals surface area contributed by atoms with Crippen molar-refractivity contribution < 1.29 is 9.84 Å². The average molecular weight is 319 g/mol. The van der Waals surface area contributed by atoms with Crippen LogP contribution >= 0.6 is 11.6 Å². The molecule has 4 nitrogen and oxygen atoms in total. The number of ether oxygens (including phenoxy) is 1. The van der Waals surface area contributed by atoms with Crippen LogP contribution in [-0.2, 0) is 13.0 Å². The Balaban J connectivity index is 2.25. The summed E-state index contributed by atoms with van der Waals surface area (Å²) in [5, 5.41) is 18.0. The molecule has 0 spiro atoms. The van der Waals surface area contributed by atoms with Crippen molar-refractivity contribution >= 4 is 17.4 Å². The highest BCUT2D eigenvalue weighted by atomic mass is 35.5. The van der Waals surface area contributed by atoms with Gasteiger partial charge in [-0.1, -0.05) is 42.8 Å². The number of aryl methyl sites for hydroxylation is 1. The number of hydrogen-bond acceptors (Lipinski definition) is 3. The van der Waals surface area contributed by atoms with Crippen LogP contribution in [0.5, 0.6) is 5.75 Å². The van der Waals surface area contributed by atoms with Gasteiger partial charge in [-0.15, -0.1) is 0 Å². The normalized spacial score (nSPS) is 12.0. The number of para-hydroxylation sites is 1. The van der Waals surface area contributed by atoms with Crippen LogP contribution < -0.4 is 10.5 Å². The Morgan fingerprint density at radius 3 is 2.68 bits per heavy atom. The standard InChI is InChI=1S/C17H19ClN2O2/c1-2-11-5-3-4-6-15(11)22-10-12-9-13(18)7-8-14(12)16(21)17(19)20/h3-9,16,21H,2,10H2,1H3,(H3,19,20). The van der Waals surface area contributed by atoms with Gasteiger partial charge in [-0.05, 0) is 41.3 Å². The molecule has 0 aromatic heterocycles. The van der Waals surface area contributed by atoms with Crippen molar-refractivity contribution in [3.8, 4) is 5.75 Å². The van der Waals surface area contributed by atoms with Gasteiger partial charge in [0.05, 0.1) is 0 Å². The lowest BCUT2D eigenvalue weighted by Crippen LogP contribution is -2.21. The van der Waals surface area contributed by atoms with E-state index < -0.39 is 6.10 Å². The molecule has 0 radical (unpaired) electrons. The molecule has 0 amide bonds. The summed E-state index contributed by atoms with van der Waals surface area (Å²) in [5.74, 6) is 0.491. The summed E-state index contributed by atoms with van der Waals surface area (Å²) in [4.78, 5) is 0. The van der Waals surface area contributed by atoms with Gasteiger partial charge < -0.3 is 15.6 Å². The van der Waals surface area contributed by atoms with E-state index in [9.17, 15) is 5.11 Å². The van der Waals surface area contributed by atoms with Gasteiger partial charge in [0.15, 0.2) is 0 Å². The van der Waals surface area contributed by atoms with E-state index >= 15 is 0 Å². The molecule has 0 fully saturated rings. The number of nitrogens with one attached hydrogen (secondary N) is 1. The van der Waals surface area contributed by atoms with E-state index in [1.54, 1.807) is 18.2 Å². The summed E-state index contributed by atoms with van der Waals surface area (Å²) >= 11 is 6.02. The topological polar surface area (TPSA) is 79.3 Å². The minimum Gasteiger partial charge on any atom is -0.489 e. The highest BCUT2D eigenvalue weighted by Gasteiger charge is 2.16. The number of aliphatic hydroxyl groups excluding tert-OH is 1. The van der Waals surface area contributed by atoms with E-state index in [2.05, 4.69) is 6.92 Å². The second kappa shape index (κ2) is 7.29. The monoisotopic (exact) mass is 318 g/mol. The molecule has 4 N–H and O–H groups in total. The molecule has 1 unspecified atom stereocenters. The van der Waals surface area contributed by atoms with E-state index in [0.29, 0.717) is 16.1 Å². The molecule has 2 aromatic carbocycles.